The number of piperidine rings is 1. The zero-order valence-electron chi connectivity index (χ0n) is 15.1. The standard InChI is InChI=1S/C19H25N3O3/c1-12-4-7-17(24-12)10-21-8-15-5-6-16(9-21)22(19(15)23)11-18-13(2)20-25-14(18)3/h4,7,15-16H,5-6,8-11H2,1-3H3/t15-,16+/m1/s1. The Bertz CT molecular complexity index is 759. The van der Waals surface area contributed by atoms with E-state index in [1.54, 1.807) is 0 Å². The zero-order valence-corrected chi connectivity index (χ0v) is 15.1. The highest BCUT2D eigenvalue weighted by Gasteiger charge is 2.41. The molecule has 0 N–H and O–H groups in total. The van der Waals surface area contributed by atoms with Gasteiger partial charge in [-0.3, -0.25) is 9.69 Å². The lowest BCUT2D eigenvalue weighted by molar-refractivity contribution is -0.140. The zero-order chi connectivity index (χ0) is 17.6. The van der Waals surface area contributed by atoms with Crippen LogP contribution in [0.2, 0.25) is 0 Å². The number of aryl methyl sites for hydroxylation is 3. The normalized spacial score (nSPS) is 24.1. The third-order valence-corrected chi connectivity index (χ3v) is 5.55. The number of nitrogens with zero attached hydrogens (tertiary/aromatic N) is 3. The van der Waals surface area contributed by atoms with Crippen molar-refractivity contribution in [1.29, 1.82) is 0 Å². The lowest BCUT2D eigenvalue weighted by Crippen LogP contribution is -2.47. The van der Waals surface area contributed by atoms with Crippen molar-refractivity contribution >= 4 is 5.91 Å². The van der Waals surface area contributed by atoms with Crippen LogP contribution >= 0.6 is 0 Å². The number of aromatic nitrogens is 1. The summed E-state index contributed by atoms with van der Waals surface area (Å²) >= 11 is 0. The van der Waals surface area contributed by atoms with E-state index in [1.807, 2.05) is 37.8 Å². The molecule has 0 saturated carbocycles. The van der Waals surface area contributed by atoms with Gasteiger partial charge in [0.1, 0.15) is 17.3 Å². The maximum absolute atomic E-state index is 13.0. The minimum absolute atomic E-state index is 0.0790. The van der Waals surface area contributed by atoms with Crippen LogP contribution in [0.1, 0.15) is 41.4 Å². The molecular formula is C19H25N3O3. The molecule has 134 valence electrons. The molecule has 0 unspecified atom stereocenters. The Labute approximate surface area is 147 Å². The number of fused-ring (bicyclic) bond motifs is 4. The van der Waals surface area contributed by atoms with Crippen LogP contribution in [0.25, 0.3) is 0 Å². The van der Waals surface area contributed by atoms with Crippen LogP contribution in [-0.2, 0) is 17.9 Å². The molecule has 0 aromatic carbocycles. The maximum atomic E-state index is 13.0. The summed E-state index contributed by atoms with van der Waals surface area (Å²) in [5, 5.41) is 4.03. The van der Waals surface area contributed by atoms with E-state index in [9.17, 15) is 4.79 Å². The number of rotatable bonds is 4. The summed E-state index contributed by atoms with van der Waals surface area (Å²) in [5.74, 6) is 3.07. The summed E-state index contributed by atoms with van der Waals surface area (Å²) in [6, 6.07) is 4.28. The highest BCUT2D eigenvalue weighted by atomic mass is 16.5. The van der Waals surface area contributed by atoms with E-state index in [0.717, 1.165) is 61.0 Å². The highest BCUT2D eigenvalue weighted by Crippen LogP contribution is 2.32. The van der Waals surface area contributed by atoms with Gasteiger partial charge in [0, 0.05) is 24.7 Å². The first-order chi connectivity index (χ1) is 12.0. The number of carbonyl (C=O) groups is 1. The van der Waals surface area contributed by atoms with Gasteiger partial charge in [-0.05, 0) is 45.7 Å². The van der Waals surface area contributed by atoms with E-state index in [-0.39, 0.29) is 17.9 Å². The van der Waals surface area contributed by atoms with Crippen LogP contribution in [0.5, 0.6) is 0 Å². The lowest BCUT2D eigenvalue weighted by Gasteiger charge is -2.36. The molecule has 3 fully saturated rings. The van der Waals surface area contributed by atoms with Gasteiger partial charge in [0.25, 0.3) is 0 Å². The number of carbonyl (C=O) groups excluding carboxylic acids is 1. The summed E-state index contributed by atoms with van der Waals surface area (Å²) in [6.07, 6.45) is 2.04. The molecular weight excluding hydrogens is 318 g/mol. The van der Waals surface area contributed by atoms with E-state index < -0.39 is 0 Å². The van der Waals surface area contributed by atoms with Crippen LogP contribution in [0.3, 0.4) is 0 Å². The SMILES string of the molecule is Cc1ccc(CN2C[C@H]3CC[C@@H](C2)N(Cc2c(C)noc2C)C3=O)o1. The summed E-state index contributed by atoms with van der Waals surface area (Å²) in [7, 11) is 0. The smallest absolute Gasteiger partial charge is 0.227 e. The fraction of sp³-hybridized carbons (Fsp3) is 0.579. The van der Waals surface area contributed by atoms with Gasteiger partial charge in [-0.2, -0.15) is 0 Å². The quantitative estimate of drug-likeness (QED) is 0.854. The van der Waals surface area contributed by atoms with E-state index in [1.165, 1.54) is 0 Å². The van der Waals surface area contributed by atoms with Crippen molar-refractivity contribution in [2.75, 3.05) is 13.1 Å². The molecule has 2 aromatic rings. The lowest BCUT2D eigenvalue weighted by atomic mass is 9.93. The second-order valence-electron chi connectivity index (χ2n) is 7.40. The molecule has 3 saturated heterocycles. The molecule has 6 heteroatoms. The third kappa shape index (κ3) is 3.11. The van der Waals surface area contributed by atoms with Gasteiger partial charge in [0.2, 0.25) is 5.91 Å². The number of hydrogen-bond acceptors (Lipinski definition) is 5. The van der Waals surface area contributed by atoms with Crippen molar-refractivity contribution in [2.24, 2.45) is 5.92 Å². The molecule has 1 amide bonds. The molecule has 0 spiro atoms. The first-order valence-electron chi connectivity index (χ1n) is 9.01. The molecule has 2 atom stereocenters. The second kappa shape index (κ2) is 6.33. The van der Waals surface area contributed by atoms with Gasteiger partial charge < -0.3 is 13.8 Å². The first-order valence-corrected chi connectivity index (χ1v) is 9.01. The van der Waals surface area contributed by atoms with Gasteiger partial charge in [-0.1, -0.05) is 5.16 Å². The molecule has 0 radical (unpaired) electrons. The van der Waals surface area contributed by atoms with Gasteiger partial charge in [0.05, 0.1) is 24.7 Å². The molecule has 0 aliphatic carbocycles. The molecule has 3 aliphatic rings. The molecule has 6 nitrogen and oxygen atoms in total. The molecule has 3 aliphatic heterocycles. The Kier molecular flexibility index (Phi) is 4.15. The van der Waals surface area contributed by atoms with E-state index >= 15 is 0 Å². The maximum Gasteiger partial charge on any atom is 0.227 e. The average Bonchev–Trinajstić information content (AvgIpc) is 3.00. The summed E-state index contributed by atoms with van der Waals surface area (Å²) in [5.41, 5.74) is 1.93. The minimum Gasteiger partial charge on any atom is -0.465 e. The Morgan fingerprint density at radius 2 is 2.00 bits per heavy atom. The largest absolute Gasteiger partial charge is 0.465 e. The topological polar surface area (TPSA) is 62.7 Å². The van der Waals surface area contributed by atoms with Gasteiger partial charge >= 0.3 is 0 Å². The van der Waals surface area contributed by atoms with E-state index in [2.05, 4.69) is 10.1 Å². The minimum atomic E-state index is 0.0790. The highest BCUT2D eigenvalue weighted by molar-refractivity contribution is 5.80. The monoisotopic (exact) mass is 343 g/mol. The van der Waals surface area contributed by atoms with Crippen molar-refractivity contribution < 1.29 is 13.7 Å². The molecule has 2 aromatic heterocycles. The fourth-order valence-electron chi connectivity index (χ4n) is 4.16. The Morgan fingerprint density at radius 1 is 1.16 bits per heavy atom. The van der Waals surface area contributed by atoms with Crippen molar-refractivity contribution in [3.8, 4) is 0 Å². The average molecular weight is 343 g/mol. The predicted molar refractivity (Wildman–Crippen MR) is 91.8 cm³/mol. The van der Waals surface area contributed by atoms with Crippen molar-refractivity contribution in [3.63, 3.8) is 0 Å². The van der Waals surface area contributed by atoms with Crippen LogP contribution in [0, 0.1) is 26.7 Å². The predicted octanol–water partition coefficient (Wildman–Crippen LogP) is 2.82. The summed E-state index contributed by atoms with van der Waals surface area (Å²) in [4.78, 5) is 17.4. The Hall–Kier alpha value is -2.08. The van der Waals surface area contributed by atoms with E-state index in [0.29, 0.717) is 6.54 Å². The Balaban J connectivity index is 1.52. The van der Waals surface area contributed by atoms with Crippen LogP contribution in [-0.4, -0.2) is 40.0 Å². The second-order valence-corrected chi connectivity index (χ2v) is 7.40. The number of hydrogen-bond donors (Lipinski definition) is 0. The molecule has 5 rings (SSSR count). The van der Waals surface area contributed by atoms with Gasteiger partial charge in [0.15, 0.2) is 0 Å². The molecule has 5 heterocycles. The number of furan rings is 1. The number of amides is 1. The third-order valence-electron chi connectivity index (χ3n) is 5.55. The molecule has 2 bridgehead atoms. The Morgan fingerprint density at radius 3 is 2.68 bits per heavy atom. The van der Waals surface area contributed by atoms with Crippen molar-refractivity contribution in [3.05, 3.63) is 40.7 Å². The summed E-state index contributed by atoms with van der Waals surface area (Å²) < 4.78 is 11.0. The van der Waals surface area contributed by atoms with Crippen molar-refractivity contribution in [1.82, 2.24) is 15.0 Å². The van der Waals surface area contributed by atoms with Crippen molar-refractivity contribution in [2.45, 2.75) is 52.7 Å². The van der Waals surface area contributed by atoms with Gasteiger partial charge in [-0.25, -0.2) is 0 Å². The van der Waals surface area contributed by atoms with Crippen LogP contribution in [0.4, 0.5) is 0 Å². The van der Waals surface area contributed by atoms with Gasteiger partial charge in [-0.15, -0.1) is 0 Å². The molecule has 25 heavy (non-hydrogen) atoms. The van der Waals surface area contributed by atoms with Crippen LogP contribution < -0.4 is 0 Å². The fourth-order valence-corrected chi connectivity index (χ4v) is 4.16. The van der Waals surface area contributed by atoms with E-state index in [4.69, 9.17) is 8.94 Å². The summed E-state index contributed by atoms with van der Waals surface area (Å²) in [6.45, 7) is 8.91. The van der Waals surface area contributed by atoms with Crippen LogP contribution in [0.15, 0.2) is 21.1 Å². The first kappa shape index (κ1) is 16.4.